The number of hydrogen-bond acceptors (Lipinski definition) is 8. The fourth-order valence-corrected chi connectivity index (χ4v) is 5.72. The van der Waals surface area contributed by atoms with Gasteiger partial charge in [0.15, 0.2) is 5.82 Å². The monoisotopic (exact) mass is 658 g/mol. The summed E-state index contributed by atoms with van der Waals surface area (Å²) >= 11 is 6.43. The number of carbonyl (C=O) groups is 3. The van der Waals surface area contributed by atoms with E-state index in [-0.39, 0.29) is 28.7 Å². The third kappa shape index (κ3) is 8.18. The van der Waals surface area contributed by atoms with E-state index in [0.717, 1.165) is 28.8 Å². The maximum absolute atomic E-state index is 13.8. The number of halogens is 1. The Balaban J connectivity index is 1.27. The summed E-state index contributed by atoms with van der Waals surface area (Å²) in [5, 5.41) is 0.355. The molecular formula is C36H39ClN4O6. The van der Waals surface area contributed by atoms with Gasteiger partial charge in [-0.1, -0.05) is 107 Å². The van der Waals surface area contributed by atoms with Crippen LogP contribution in [0.3, 0.4) is 0 Å². The minimum Gasteiger partial charge on any atom is -0.462 e. The first kappa shape index (κ1) is 33.7. The first-order valence-electron chi connectivity index (χ1n) is 16.2. The number of rotatable bonds is 16. The SMILES string of the molecule is CCCCCCCCCCCCOC(=O)c1ccc(Cl)c(N2C(=O)OC(c3nc4ccccc4c(=O)n3Nc3ccccc3)C2=O)c1. The lowest BCUT2D eigenvalue weighted by Crippen LogP contribution is -2.35. The standard InChI is InChI=1S/C36H39ClN4O6/c1-2-3-4-5-6-7-8-9-10-16-23-46-35(44)25-21-22-28(37)30(24-25)40-34(43)31(47-36(40)45)32-38-29-20-15-14-19-27(29)33(42)41(32)39-26-17-12-11-13-18-26/h11-15,17-22,24,31,39H,2-10,16,23H2,1H3. The van der Waals surface area contributed by atoms with Crippen molar-refractivity contribution in [2.75, 3.05) is 16.9 Å². The zero-order chi connectivity index (χ0) is 33.2. The molecule has 0 aliphatic carbocycles. The molecule has 10 nitrogen and oxygen atoms in total. The van der Waals surface area contributed by atoms with Crippen molar-refractivity contribution in [2.45, 2.75) is 77.2 Å². The summed E-state index contributed by atoms with van der Waals surface area (Å²) in [7, 11) is 0. The van der Waals surface area contributed by atoms with E-state index in [0.29, 0.717) is 16.6 Å². The van der Waals surface area contributed by atoms with Crippen LogP contribution in [0.5, 0.6) is 0 Å². The topological polar surface area (TPSA) is 120 Å². The van der Waals surface area contributed by atoms with Crippen LogP contribution in [-0.2, 0) is 14.3 Å². The van der Waals surface area contributed by atoms with Gasteiger partial charge >= 0.3 is 12.1 Å². The Morgan fingerprint density at radius 2 is 1.53 bits per heavy atom. The summed E-state index contributed by atoms with van der Waals surface area (Å²) < 4.78 is 12.1. The van der Waals surface area contributed by atoms with Gasteiger partial charge in [0.1, 0.15) is 0 Å². The summed E-state index contributed by atoms with van der Waals surface area (Å²) in [5.41, 5.74) is 3.46. The number of hydrogen-bond donors (Lipinski definition) is 1. The minimum absolute atomic E-state index is 0.0386. The first-order valence-corrected chi connectivity index (χ1v) is 16.6. The van der Waals surface area contributed by atoms with Crippen LogP contribution in [0.4, 0.5) is 16.2 Å². The average molecular weight is 659 g/mol. The zero-order valence-corrected chi connectivity index (χ0v) is 27.2. The molecule has 0 spiro atoms. The quantitative estimate of drug-likeness (QED) is 0.0944. The molecule has 0 saturated carbocycles. The first-order chi connectivity index (χ1) is 22.9. The Bertz CT molecular complexity index is 1780. The van der Waals surface area contributed by atoms with Crippen LogP contribution in [0.15, 0.2) is 77.6 Å². The molecule has 1 unspecified atom stereocenters. The number of ether oxygens (including phenoxy) is 2. The van der Waals surface area contributed by atoms with Gasteiger partial charge < -0.3 is 9.47 Å². The molecule has 0 bridgehead atoms. The highest BCUT2D eigenvalue weighted by Crippen LogP contribution is 2.36. The molecule has 1 aliphatic heterocycles. The molecule has 0 radical (unpaired) electrons. The van der Waals surface area contributed by atoms with Crippen molar-refractivity contribution in [3.05, 3.63) is 99.6 Å². The van der Waals surface area contributed by atoms with Crippen molar-refractivity contribution in [3.63, 3.8) is 0 Å². The van der Waals surface area contributed by atoms with E-state index in [1.807, 2.05) is 6.07 Å². The summed E-state index contributed by atoms with van der Waals surface area (Å²) in [4.78, 5) is 58.7. The second-order valence-electron chi connectivity index (χ2n) is 11.5. The summed E-state index contributed by atoms with van der Waals surface area (Å²) in [6, 6.07) is 19.7. The maximum atomic E-state index is 13.8. The van der Waals surface area contributed by atoms with Gasteiger partial charge in [-0.3, -0.25) is 15.0 Å². The number of fused-ring (bicyclic) bond motifs is 1. The van der Waals surface area contributed by atoms with Crippen LogP contribution < -0.4 is 15.9 Å². The predicted octanol–water partition coefficient (Wildman–Crippen LogP) is 8.23. The largest absolute Gasteiger partial charge is 0.462 e. The number of imide groups is 1. The highest BCUT2D eigenvalue weighted by atomic mass is 35.5. The number of unbranched alkanes of at least 4 members (excludes halogenated alkanes) is 9. The molecular weight excluding hydrogens is 620 g/mol. The van der Waals surface area contributed by atoms with Crippen molar-refractivity contribution in [2.24, 2.45) is 0 Å². The Labute approximate surface area is 278 Å². The molecule has 11 heteroatoms. The van der Waals surface area contributed by atoms with Gasteiger partial charge in [-0.05, 0) is 48.9 Å². The molecule has 1 aromatic heterocycles. The van der Waals surface area contributed by atoms with Crippen LogP contribution in [0.1, 0.15) is 93.4 Å². The Morgan fingerprint density at radius 1 is 0.872 bits per heavy atom. The maximum Gasteiger partial charge on any atom is 0.422 e. The molecule has 4 aromatic rings. The molecule has 1 atom stereocenters. The Morgan fingerprint density at radius 3 is 2.26 bits per heavy atom. The van der Waals surface area contributed by atoms with Crippen LogP contribution in [-0.4, -0.2) is 34.2 Å². The van der Waals surface area contributed by atoms with Gasteiger partial charge in [-0.15, -0.1) is 0 Å². The van der Waals surface area contributed by atoms with Crippen molar-refractivity contribution >= 4 is 51.8 Å². The van der Waals surface area contributed by atoms with E-state index in [1.165, 1.54) is 63.1 Å². The van der Waals surface area contributed by atoms with Crippen LogP contribution in [0, 0.1) is 0 Å². The normalized spacial score (nSPS) is 14.4. The lowest BCUT2D eigenvalue weighted by Gasteiger charge is -2.18. The molecule has 1 saturated heterocycles. The van der Waals surface area contributed by atoms with Gasteiger partial charge in [0.05, 0.1) is 39.5 Å². The van der Waals surface area contributed by atoms with E-state index in [2.05, 4.69) is 17.3 Å². The number of nitrogens with one attached hydrogen (secondary N) is 1. The van der Waals surface area contributed by atoms with Crippen molar-refractivity contribution in [1.29, 1.82) is 0 Å². The van der Waals surface area contributed by atoms with Gasteiger partial charge in [0.2, 0.25) is 6.10 Å². The molecule has 1 aliphatic rings. The fraction of sp³-hybridized carbons (Fsp3) is 0.361. The number of benzene rings is 3. The predicted molar refractivity (Wildman–Crippen MR) is 182 cm³/mol. The number of nitrogens with zero attached hydrogens (tertiary/aromatic N) is 3. The minimum atomic E-state index is -1.57. The van der Waals surface area contributed by atoms with E-state index in [1.54, 1.807) is 48.5 Å². The van der Waals surface area contributed by atoms with Crippen molar-refractivity contribution in [1.82, 2.24) is 9.66 Å². The summed E-state index contributed by atoms with van der Waals surface area (Å²) in [5.74, 6) is -1.53. The number of carbonyl (C=O) groups excluding carboxylic acids is 3. The molecule has 5 rings (SSSR count). The van der Waals surface area contributed by atoms with E-state index < -0.39 is 29.6 Å². The summed E-state index contributed by atoms with van der Waals surface area (Å²) in [6.07, 6.45) is 9.05. The number of para-hydroxylation sites is 2. The number of amides is 2. The van der Waals surface area contributed by atoms with Gasteiger partial charge in [0.25, 0.3) is 11.5 Å². The number of anilines is 2. The summed E-state index contributed by atoms with van der Waals surface area (Å²) in [6.45, 7) is 2.48. The van der Waals surface area contributed by atoms with E-state index in [4.69, 9.17) is 21.1 Å². The van der Waals surface area contributed by atoms with Gasteiger partial charge in [-0.2, -0.15) is 0 Å². The average Bonchev–Trinajstić information content (AvgIpc) is 3.38. The Hall–Kier alpha value is -4.70. The van der Waals surface area contributed by atoms with E-state index >= 15 is 0 Å². The number of aromatic nitrogens is 2. The molecule has 3 aromatic carbocycles. The molecule has 47 heavy (non-hydrogen) atoms. The van der Waals surface area contributed by atoms with Crippen LogP contribution >= 0.6 is 11.6 Å². The molecule has 1 N–H and O–H groups in total. The lowest BCUT2D eigenvalue weighted by atomic mass is 10.1. The molecule has 2 amide bonds. The van der Waals surface area contributed by atoms with Gasteiger partial charge in [0, 0.05) is 0 Å². The Kier molecular flexibility index (Phi) is 11.6. The second kappa shape index (κ2) is 16.2. The third-order valence-corrected chi connectivity index (χ3v) is 8.37. The molecule has 246 valence electrons. The van der Waals surface area contributed by atoms with Crippen LogP contribution in [0.2, 0.25) is 5.02 Å². The van der Waals surface area contributed by atoms with Crippen LogP contribution in [0.25, 0.3) is 10.9 Å². The lowest BCUT2D eigenvalue weighted by molar-refractivity contribution is -0.122. The second-order valence-corrected chi connectivity index (χ2v) is 11.9. The molecule has 2 heterocycles. The zero-order valence-electron chi connectivity index (χ0n) is 26.5. The molecule has 1 fully saturated rings. The smallest absolute Gasteiger partial charge is 0.422 e. The highest BCUT2D eigenvalue weighted by Gasteiger charge is 2.46. The van der Waals surface area contributed by atoms with Crippen molar-refractivity contribution < 1.29 is 23.9 Å². The number of esters is 1. The van der Waals surface area contributed by atoms with Gasteiger partial charge in [-0.25, -0.2) is 24.1 Å². The van der Waals surface area contributed by atoms with E-state index in [9.17, 15) is 19.2 Å². The number of cyclic esters (lactones) is 1. The third-order valence-electron chi connectivity index (χ3n) is 8.05. The fourth-order valence-electron chi connectivity index (χ4n) is 5.52. The highest BCUT2D eigenvalue weighted by molar-refractivity contribution is 6.35. The van der Waals surface area contributed by atoms with Crippen molar-refractivity contribution in [3.8, 4) is 0 Å².